The van der Waals surface area contributed by atoms with Crippen molar-refractivity contribution < 1.29 is 38.1 Å². The Bertz CT molecular complexity index is 1800. The number of fused-ring (bicyclic) bond motifs is 1. The topological polar surface area (TPSA) is 110 Å². The van der Waals surface area contributed by atoms with Gasteiger partial charge >= 0.3 is 17.9 Å². The van der Waals surface area contributed by atoms with Crippen LogP contribution in [-0.2, 0) is 9.53 Å². The molecular formula is C36H31NO8S. The number of methoxy groups -OCH3 is 1. The highest BCUT2D eigenvalue weighted by molar-refractivity contribution is 7.21. The van der Waals surface area contributed by atoms with E-state index in [2.05, 4.69) is 11.6 Å². The molecule has 0 aliphatic heterocycles. The first-order valence-electron chi connectivity index (χ1n) is 14.5. The van der Waals surface area contributed by atoms with Gasteiger partial charge in [-0.05, 0) is 98.1 Å². The molecular weight excluding hydrogens is 606 g/mol. The van der Waals surface area contributed by atoms with Crippen molar-refractivity contribution in [2.75, 3.05) is 20.3 Å². The van der Waals surface area contributed by atoms with Crippen LogP contribution in [0.4, 0.5) is 0 Å². The molecule has 0 unspecified atom stereocenters. The first kappa shape index (κ1) is 31.9. The number of nitrogens with zero attached hydrogens (tertiary/aromatic N) is 1. The SMILES string of the molecule is C=CC(=O)OCCCCCOc1ccc(C(=O)Oc2ccc(C(=O)Oc3ccc(-c4nc5ccccc5s4)cc3)cc2OC)cc1. The Morgan fingerprint density at radius 3 is 2.20 bits per heavy atom. The van der Waals surface area contributed by atoms with E-state index < -0.39 is 17.9 Å². The molecule has 0 saturated heterocycles. The third-order valence-electron chi connectivity index (χ3n) is 6.77. The van der Waals surface area contributed by atoms with Crippen molar-refractivity contribution in [1.82, 2.24) is 4.98 Å². The lowest BCUT2D eigenvalue weighted by Gasteiger charge is -2.11. The monoisotopic (exact) mass is 637 g/mol. The molecule has 9 nitrogen and oxygen atoms in total. The molecule has 0 spiro atoms. The molecule has 5 aromatic rings. The lowest BCUT2D eigenvalue weighted by atomic mass is 10.2. The number of thiazole rings is 1. The maximum atomic E-state index is 12.9. The number of carbonyl (C=O) groups is 3. The summed E-state index contributed by atoms with van der Waals surface area (Å²) in [7, 11) is 1.42. The van der Waals surface area contributed by atoms with Crippen molar-refractivity contribution >= 4 is 39.5 Å². The standard InChI is InChI=1S/C36H31NO8S/c1-3-33(38)43-22-8-4-7-21-42-27-16-13-25(14-17-27)35(39)45-30-20-15-26(23-31(30)41-2)36(40)44-28-18-11-24(12-19-28)34-37-29-9-5-6-10-32(29)46-34/h3,5-6,9-20,23H,1,4,7-8,21-22H2,2H3. The van der Waals surface area contributed by atoms with Crippen molar-refractivity contribution in [3.05, 3.63) is 115 Å². The van der Waals surface area contributed by atoms with Gasteiger partial charge in [0.15, 0.2) is 11.5 Å². The summed E-state index contributed by atoms with van der Waals surface area (Å²) in [6.07, 6.45) is 3.50. The minimum atomic E-state index is -0.595. The smallest absolute Gasteiger partial charge is 0.343 e. The molecule has 0 saturated carbocycles. The van der Waals surface area contributed by atoms with E-state index in [4.69, 9.17) is 23.7 Å². The Labute approximate surface area is 270 Å². The molecule has 0 radical (unpaired) electrons. The minimum Gasteiger partial charge on any atom is -0.494 e. The van der Waals surface area contributed by atoms with Gasteiger partial charge in [0.1, 0.15) is 16.5 Å². The Balaban J connectivity index is 1.12. The number of hydrogen-bond donors (Lipinski definition) is 0. The van der Waals surface area contributed by atoms with Gasteiger partial charge in [0.05, 0.1) is 41.7 Å². The Morgan fingerprint density at radius 1 is 0.761 bits per heavy atom. The van der Waals surface area contributed by atoms with Crippen molar-refractivity contribution in [3.63, 3.8) is 0 Å². The van der Waals surface area contributed by atoms with E-state index in [1.807, 2.05) is 36.4 Å². The second-order valence-electron chi connectivity index (χ2n) is 9.96. The van der Waals surface area contributed by atoms with E-state index in [0.29, 0.717) is 30.3 Å². The highest BCUT2D eigenvalue weighted by Gasteiger charge is 2.17. The first-order valence-corrected chi connectivity index (χ1v) is 15.4. The molecule has 0 amide bonds. The molecule has 0 N–H and O–H groups in total. The average Bonchev–Trinajstić information content (AvgIpc) is 3.53. The largest absolute Gasteiger partial charge is 0.494 e. The lowest BCUT2D eigenvalue weighted by Crippen LogP contribution is -2.11. The molecule has 46 heavy (non-hydrogen) atoms. The van der Waals surface area contributed by atoms with Gasteiger partial charge in [0.25, 0.3) is 0 Å². The maximum absolute atomic E-state index is 12.9. The summed E-state index contributed by atoms with van der Waals surface area (Å²) in [5.74, 6) is -0.260. The van der Waals surface area contributed by atoms with Crippen molar-refractivity contribution in [2.45, 2.75) is 19.3 Å². The molecule has 4 aromatic carbocycles. The molecule has 0 aliphatic carbocycles. The van der Waals surface area contributed by atoms with Gasteiger partial charge in [-0.25, -0.2) is 19.4 Å². The van der Waals surface area contributed by atoms with Gasteiger partial charge in [-0.15, -0.1) is 11.3 Å². The number of hydrogen-bond acceptors (Lipinski definition) is 10. The molecule has 1 heterocycles. The fourth-order valence-corrected chi connectivity index (χ4v) is 5.33. The van der Waals surface area contributed by atoms with Gasteiger partial charge in [0, 0.05) is 11.6 Å². The van der Waals surface area contributed by atoms with E-state index >= 15 is 0 Å². The lowest BCUT2D eigenvalue weighted by molar-refractivity contribution is -0.137. The highest BCUT2D eigenvalue weighted by Crippen LogP contribution is 2.32. The Kier molecular flexibility index (Phi) is 10.8. The number of unbranched alkanes of at least 4 members (excludes halogenated alkanes) is 2. The number of carbonyl (C=O) groups excluding carboxylic acids is 3. The number of rotatable bonds is 14. The van der Waals surface area contributed by atoms with Crippen LogP contribution in [0.5, 0.6) is 23.0 Å². The normalized spacial score (nSPS) is 10.6. The second kappa shape index (κ2) is 15.5. The maximum Gasteiger partial charge on any atom is 0.343 e. The third-order valence-corrected chi connectivity index (χ3v) is 7.85. The van der Waals surface area contributed by atoms with Gasteiger partial charge in [-0.1, -0.05) is 18.7 Å². The van der Waals surface area contributed by atoms with E-state index in [-0.39, 0.29) is 17.1 Å². The summed E-state index contributed by atoms with van der Waals surface area (Å²) in [5, 5.41) is 0.882. The summed E-state index contributed by atoms with van der Waals surface area (Å²) in [4.78, 5) is 41.4. The fourth-order valence-electron chi connectivity index (χ4n) is 4.35. The predicted molar refractivity (Wildman–Crippen MR) is 175 cm³/mol. The number of benzene rings is 4. The van der Waals surface area contributed by atoms with Crippen molar-refractivity contribution in [3.8, 4) is 33.6 Å². The van der Waals surface area contributed by atoms with Crippen LogP contribution in [0.15, 0.2) is 104 Å². The van der Waals surface area contributed by atoms with E-state index in [0.717, 1.165) is 46.1 Å². The number of esters is 3. The van der Waals surface area contributed by atoms with Crippen LogP contribution < -0.4 is 18.9 Å². The molecule has 0 aliphatic rings. The van der Waals surface area contributed by atoms with Crippen LogP contribution in [0.3, 0.4) is 0 Å². The third kappa shape index (κ3) is 8.36. The zero-order valence-electron chi connectivity index (χ0n) is 25.1. The van der Waals surface area contributed by atoms with Crippen LogP contribution in [0, 0.1) is 0 Å². The van der Waals surface area contributed by atoms with Gasteiger partial charge in [-0.2, -0.15) is 0 Å². The van der Waals surface area contributed by atoms with Crippen LogP contribution in [0.2, 0.25) is 0 Å². The van der Waals surface area contributed by atoms with E-state index in [9.17, 15) is 14.4 Å². The van der Waals surface area contributed by atoms with E-state index in [1.165, 1.54) is 25.3 Å². The molecule has 5 rings (SSSR count). The molecule has 0 fully saturated rings. The Hall–Kier alpha value is -5.48. The highest BCUT2D eigenvalue weighted by atomic mass is 32.1. The molecule has 0 bridgehead atoms. The summed E-state index contributed by atoms with van der Waals surface area (Å²) in [6.45, 7) is 4.19. The fraction of sp³-hybridized carbons (Fsp3) is 0.167. The molecule has 10 heteroatoms. The summed E-state index contributed by atoms with van der Waals surface area (Å²) in [5.41, 5.74) is 2.41. The Morgan fingerprint density at radius 2 is 1.46 bits per heavy atom. The minimum absolute atomic E-state index is 0.156. The number of ether oxygens (including phenoxy) is 5. The summed E-state index contributed by atoms with van der Waals surface area (Å²) >= 11 is 1.60. The average molecular weight is 638 g/mol. The zero-order valence-corrected chi connectivity index (χ0v) is 25.9. The summed E-state index contributed by atoms with van der Waals surface area (Å²) < 4.78 is 28.3. The van der Waals surface area contributed by atoms with Gasteiger partial charge in [-0.3, -0.25) is 0 Å². The molecule has 1 aromatic heterocycles. The van der Waals surface area contributed by atoms with Crippen LogP contribution in [0.25, 0.3) is 20.8 Å². The second-order valence-corrected chi connectivity index (χ2v) is 11.0. The number of aromatic nitrogens is 1. The van der Waals surface area contributed by atoms with E-state index in [1.54, 1.807) is 47.7 Å². The number of para-hydroxylation sites is 1. The zero-order chi connectivity index (χ0) is 32.3. The van der Waals surface area contributed by atoms with Gasteiger partial charge < -0.3 is 23.7 Å². The molecule has 0 atom stereocenters. The van der Waals surface area contributed by atoms with Crippen molar-refractivity contribution in [2.24, 2.45) is 0 Å². The van der Waals surface area contributed by atoms with Crippen LogP contribution in [0.1, 0.15) is 40.0 Å². The van der Waals surface area contributed by atoms with Gasteiger partial charge in [0.2, 0.25) is 0 Å². The van der Waals surface area contributed by atoms with Crippen LogP contribution in [-0.4, -0.2) is 43.2 Å². The molecule has 234 valence electrons. The van der Waals surface area contributed by atoms with Crippen LogP contribution >= 0.6 is 11.3 Å². The first-order chi connectivity index (χ1) is 22.4. The van der Waals surface area contributed by atoms with Crippen molar-refractivity contribution in [1.29, 1.82) is 0 Å². The predicted octanol–water partition coefficient (Wildman–Crippen LogP) is 7.69. The quantitative estimate of drug-likeness (QED) is 0.0524. The summed E-state index contributed by atoms with van der Waals surface area (Å²) in [6, 6.07) is 26.1.